The summed E-state index contributed by atoms with van der Waals surface area (Å²) >= 11 is 1.36. The van der Waals surface area contributed by atoms with E-state index < -0.39 is 35.9 Å². The number of aliphatic hydroxyl groups is 3. The second-order valence-corrected chi connectivity index (χ2v) is 5.34. The summed E-state index contributed by atoms with van der Waals surface area (Å²) in [4.78, 5) is 4.28. The minimum absolute atomic E-state index is 0.392. The third-order valence-electron chi connectivity index (χ3n) is 3.01. The van der Waals surface area contributed by atoms with Crippen LogP contribution in [0.1, 0.15) is 6.92 Å². The van der Waals surface area contributed by atoms with Gasteiger partial charge in [0.25, 0.3) is 0 Å². The van der Waals surface area contributed by atoms with Gasteiger partial charge >= 0.3 is 0 Å². The lowest BCUT2D eigenvalue weighted by atomic mass is 9.95. The monoisotopic (exact) mass is 274 g/mol. The molecule has 102 valence electrons. The number of rotatable bonds is 3. The van der Waals surface area contributed by atoms with Crippen molar-refractivity contribution >= 4 is 16.9 Å². The summed E-state index contributed by atoms with van der Waals surface area (Å²) in [5, 5.41) is 33.4. The van der Waals surface area contributed by atoms with E-state index >= 15 is 0 Å². The highest BCUT2D eigenvalue weighted by atomic mass is 32.2. The molecule has 0 aromatic carbocycles. The zero-order valence-corrected chi connectivity index (χ0v) is 10.9. The van der Waals surface area contributed by atoms with Crippen molar-refractivity contribution in [2.75, 3.05) is 6.54 Å². The summed E-state index contributed by atoms with van der Waals surface area (Å²) in [6, 6.07) is -0.507. The van der Waals surface area contributed by atoms with Crippen molar-refractivity contribution in [3.05, 3.63) is 12.7 Å². The Morgan fingerprint density at radius 3 is 2.89 bits per heavy atom. The molecule has 0 aliphatic carbocycles. The van der Waals surface area contributed by atoms with Crippen LogP contribution in [0.25, 0.3) is 0 Å². The molecular weight excluding hydrogens is 256 g/mol. The van der Waals surface area contributed by atoms with Crippen molar-refractivity contribution in [2.45, 2.75) is 42.8 Å². The van der Waals surface area contributed by atoms with Crippen LogP contribution in [0, 0.1) is 0 Å². The molecular formula is C11H18N2O4S. The van der Waals surface area contributed by atoms with Crippen LogP contribution in [-0.2, 0) is 4.74 Å². The fourth-order valence-corrected chi connectivity index (χ4v) is 3.21. The molecule has 18 heavy (non-hydrogen) atoms. The third-order valence-corrected chi connectivity index (χ3v) is 4.10. The number of aliphatic hydroxyl groups excluding tert-OH is 3. The molecule has 0 aromatic rings. The summed E-state index contributed by atoms with van der Waals surface area (Å²) in [6.07, 6.45) is -2.83. The van der Waals surface area contributed by atoms with Crippen molar-refractivity contribution in [1.29, 1.82) is 0 Å². The number of fused-ring (bicyclic) bond motifs is 1. The molecule has 0 radical (unpaired) electrons. The molecule has 6 atom stereocenters. The second-order valence-electron chi connectivity index (χ2n) is 4.25. The van der Waals surface area contributed by atoms with Crippen LogP contribution in [-0.4, -0.2) is 62.9 Å². The van der Waals surface area contributed by atoms with Gasteiger partial charge < -0.3 is 25.4 Å². The quantitative estimate of drug-likeness (QED) is 0.496. The van der Waals surface area contributed by atoms with E-state index in [-0.39, 0.29) is 0 Å². The molecule has 0 unspecified atom stereocenters. The van der Waals surface area contributed by atoms with E-state index in [1.807, 2.05) is 6.92 Å². The van der Waals surface area contributed by atoms with Gasteiger partial charge in [-0.25, -0.2) is 0 Å². The molecule has 4 N–H and O–H groups in total. The Labute approximate surface area is 110 Å². The second kappa shape index (κ2) is 5.58. The Kier molecular flexibility index (Phi) is 4.29. The molecule has 2 aliphatic heterocycles. The van der Waals surface area contributed by atoms with E-state index in [1.165, 1.54) is 17.8 Å². The normalized spacial score (nSPS) is 40.9. The van der Waals surface area contributed by atoms with E-state index in [9.17, 15) is 15.3 Å². The average molecular weight is 274 g/mol. The van der Waals surface area contributed by atoms with Crippen molar-refractivity contribution in [2.24, 2.45) is 4.99 Å². The minimum atomic E-state index is -1.18. The van der Waals surface area contributed by atoms with Gasteiger partial charge in [0.1, 0.15) is 35.9 Å². The van der Waals surface area contributed by atoms with Crippen LogP contribution in [0.4, 0.5) is 0 Å². The largest absolute Gasteiger partial charge is 0.388 e. The van der Waals surface area contributed by atoms with Crippen LogP contribution >= 0.6 is 11.8 Å². The highest BCUT2D eigenvalue weighted by molar-refractivity contribution is 8.14. The Bertz CT molecular complexity index is 352. The lowest BCUT2D eigenvalue weighted by Gasteiger charge is -2.39. The predicted molar refractivity (Wildman–Crippen MR) is 69.4 cm³/mol. The van der Waals surface area contributed by atoms with Gasteiger partial charge in [-0.15, -0.1) is 6.58 Å². The fourth-order valence-electron chi connectivity index (χ4n) is 2.04. The van der Waals surface area contributed by atoms with Crippen LogP contribution in [0.5, 0.6) is 0 Å². The fraction of sp³-hybridized carbons (Fsp3) is 0.727. The molecule has 7 heteroatoms. The summed E-state index contributed by atoms with van der Waals surface area (Å²) in [5.41, 5.74) is -0.392. The number of thioether (sulfide) groups is 1. The van der Waals surface area contributed by atoms with Crippen LogP contribution in [0.15, 0.2) is 17.6 Å². The number of amidine groups is 1. The maximum atomic E-state index is 10.0. The Balaban J connectivity index is 2.11. The lowest BCUT2D eigenvalue weighted by molar-refractivity contribution is -0.176. The molecule has 0 amide bonds. The number of aliphatic imine (C=N–C) groups is 1. The zero-order chi connectivity index (χ0) is 13.3. The topological polar surface area (TPSA) is 94.3 Å². The molecule has 2 aliphatic rings. The average Bonchev–Trinajstić information content (AvgIpc) is 2.76. The van der Waals surface area contributed by atoms with Crippen LogP contribution in [0.3, 0.4) is 0 Å². The Hall–Kier alpha value is -0.600. The number of hydrogen-bond acceptors (Lipinski definition) is 7. The molecule has 2 heterocycles. The number of ether oxygens (including phenoxy) is 1. The molecule has 1 saturated heterocycles. The maximum Gasteiger partial charge on any atom is 0.159 e. The van der Waals surface area contributed by atoms with Crippen LogP contribution < -0.4 is 5.32 Å². The van der Waals surface area contributed by atoms with Gasteiger partial charge in [0.05, 0.1) is 0 Å². The van der Waals surface area contributed by atoms with Crippen molar-refractivity contribution < 1.29 is 20.1 Å². The SMILES string of the molecule is C=C[C@H](O)[C@H]1O[C@@H]2SC(NCC)=N[C@@H]2[C@@H](O)[C@@H]1O. The van der Waals surface area contributed by atoms with Gasteiger partial charge in [-0.1, -0.05) is 17.8 Å². The number of nitrogens with one attached hydrogen (secondary N) is 1. The highest BCUT2D eigenvalue weighted by Crippen LogP contribution is 2.36. The first-order valence-electron chi connectivity index (χ1n) is 5.89. The third kappa shape index (κ3) is 2.41. The Morgan fingerprint density at radius 1 is 1.56 bits per heavy atom. The molecule has 0 spiro atoms. The summed E-state index contributed by atoms with van der Waals surface area (Å²) in [5.74, 6) is 0. The minimum Gasteiger partial charge on any atom is -0.388 e. The van der Waals surface area contributed by atoms with Gasteiger partial charge in [0.15, 0.2) is 5.17 Å². The number of hydrogen-bond donors (Lipinski definition) is 4. The summed E-state index contributed by atoms with van der Waals surface area (Å²) < 4.78 is 5.60. The van der Waals surface area contributed by atoms with E-state index in [2.05, 4.69) is 16.9 Å². The smallest absolute Gasteiger partial charge is 0.159 e. The van der Waals surface area contributed by atoms with E-state index in [0.29, 0.717) is 5.17 Å². The molecule has 1 fully saturated rings. The van der Waals surface area contributed by atoms with Crippen LogP contribution in [0.2, 0.25) is 0 Å². The van der Waals surface area contributed by atoms with Crippen molar-refractivity contribution in [3.8, 4) is 0 Å². The van der Waals surface area contributed by atoms with E-state index in [0.717, 1.165) is 6.54 Å². The van der Waals surface area contributed by atoms with Crippen molar-refractivity contribution in [3.63, 3.8) is 0 Å². The summed E-state index contributed by atoms with van der Waals surface area (Å²) in [7, 11) is 0. The summed E-state index contributed by atoms with van der Waals surface area (Å²) in [6.45, 7) is 6.13. The zero-order valence-electron chi connectivity index (χ0n) is 10.1. The number of nitrogens with zero attached hydrogens (tertiary/aromatic N) is 1. The van der Waals surface area contributed by atoms with Gasteiger partial charge in [0, 0.05) is 6.54 Å². The van der Waals surface area contributed by atoms with Crippen molar-refractivity contribution in [1.82, 2.24) is 5.32 Å². The molecule has 0 aromatic heterocycles. The standard InChI is InChI=1S/C11H18N2O4S/c1-3-5(14)9-8(16)7(15)6-10(17-9)18-11(13-6)12-4-2/h3,5-10,14-16H,1,4H2,2H3,(H,12,13)/t5-,6+,7+,8-,9+,10+/m0/s1. The predicted octanol–water partition coefficient (Wildman–Crippen LogP) is -0.939. The van der Waals surface area contributed by atoms with Gasteiger partial charge in [0.2, 0.25) is 0 Å². The molecule has 0 saturated carbocycles. The first-order chi connectivity index (χ1) is 8.58. The lowest BCUT2D eigenvalue weighted by Crippen LogP contribution is -2.57. The first-order valence-corrected chi connectivity index (χ1v) is 6.77. The highest BCUT2D eigenvalue weighted by Gasteiger charge is 2.49. The van der Waals surface area contributed by atoms with E-state index in [1.54, 1.807) is 0 Å². The molecule has 6 nitrogen and oxygen atoms in total. The van der Waals surface area contributed by atoms with Gasteiger partial charge in [-0.2, -0.15) is 0 Å². The van der Waals surface area contributed by atoms with Gasteiger partial charge in [-0.05, 0) is 6.92 Å². The Morgan fingerprint density at radius 2 is 2.28 bits per heavy atom. The van der Waals surface area contributed by atoms with E-state index in [4.69, 9.17) is 4.74 Å². The van der Waals surface area contributed by atoms with Gasteiger partial charge in [-0.3, -0.25) is 4.99 Å². The molecule has 0 bridgehead atoms. The molecule has 2 rings (SSSR count). The first kappa shape index (κ1) is 13.8. The maximum absolute atomic E-state index is 10.0.